The standard InChI is InChI=1S/C21H20FNO5/c22-16-5-2-1-4-15(16)11-21(20(25)26)8-3-9-23(12-21)19(24)14-6-7-17-18(10-14)28-13-27-17/h1-2,4-7,10H,3,8-9,11-13H2,(H,25,26)/t21-/m1/s1. The molecule has 146 valence electrons. The molecule has 4 rings (SSSR count). The molecule has 7 heteroatoms. The van der Waals surface area contributed by atoms with Gasteiger partial charge in [0.1, 0.15) is 5.82 Å². The maximum atomic E-state index is 14.1. The van der Waals surface area contributed by atoms with E-state index in [1.165, 1.54) is 11.0 Å². The summed E-state index contributed by atoms with van der Waals surface area (Å²) in [5.74, 6) is -0.633. The number of nitrogens with zero attached hydrogens (tertiary/aromatic N) is 1. The van der Waals surface area contributed by atoms with Crippen LogP contribution in [0.4, 0.5) is 4.39 Å². The number of amides is 1. The minimum absolute atomic E-state index is 0.0317. The van der Waals surface area contributed by atoms with Crippen molar-refractivity contribution in [2.45, 2.75) is 19.3 Å². The van der Waals surface area contributed by atoms with Crippen molar-refractivity contribution >= 4 is 11.9 Å². The average Bonchev–Trinajstić information content (AvgIpc) is 3.17. The second kappa shape index (κ2) is 7.14. The van der Waals surface area contributed by atoms with E-state index in [9.17, 15) is 19.1 Å². The van der Waals surface area contributed by atoms with Crippen LogP contribution in [0.25, 0.3) is 0 Å². The number of ether oxygens (including phenoxy) is 2. The van der Waals surface area contributed by atoms with Gasteiger partial charge in [-0.25, -0.2) is 4.39 Å². The first-order valence-electron chi connectivity index (χ1n) is 9.14. The topological polar surface area (TPSA) is 76.1 Å². The Labute approximate surface area is 161 Å². The molecule has 28 heavy (non-hydrogen) atoms. The lowest BCUT2D eigenvalue weighted by molar-refractivity contribution is -0.151. The van der Waals surface area contributed by atoms with Crippen molar-refractivity contribution in [3.8, 4) is 11.5 Å². The molecule has 1 N–H and O–H groups in total. The lowest BCUT2D eigenvalue weighted by Gasteiger charge is -2.40. The minimum Gasteiger partial charge on any atom is -0.481 e. The van der Waals surface area contributed by atoms with Crippen molar-refractivity contribution in [2.75, 3.05) is 19.9 Å². The third kappa shape index (κ3) is 3.28. The van der Waals surface area contributed by atoms with Crippen molar-refractivity contribution in [2.24, 2.45) is 5.41 Å². The van der Waals surface area contributed by atoms with Crippen LogP contribution in [-0.4, -0.2) is 41.8 Å². The zero-order valence-electron chi connectivity index (χ0n) is 15.2. The SMILES string of the molecule is O=C(c1ccc2c(c1)OCO2)N1CCC[C@](Cc2ccccc2F)(C(=O)O)C1. The molecule has 0 unspecified atom stereocenters. The van der Waals surface area contributed by atoms with Crippen molar-refractivity contribution in [3.63, 3.8) is 0 Å². The summed E-state index contributed by atoms with van der Waals surface area (Å²) in [6, 6.07) is 11.1. The van der Waals surface area contributed by atoms with Crippen LogP contribution in [0.1, 0.15) is 28.8 Å². The summed E-state index contributed by atoms with van der Waals surface area (Å²) in [6.45, 7) is 0.602. The molecule has 2 aliphatic heterocycles. The van der Waals surface area contributed by atoms with E-state index >= 15 is 0 Å². The van der Waals surface area contributed by atoms with Crippen LogP contribution in [0, 0.1) is 11.2 Å². The van der Waals surface area contributed by atoms with Crippen LogP contribution in [-0.2, 0) is 11.2 Å². The first kappa shape index (κ1) is 18.3. The van der Waals surface area contributed by atoms with Gasteiger partial charge in [-0.2, -0.15) is 0 Å². The number of hydrogen-bond donors (Lipinski definition) is 1. The van der Waals surface area contributed by atoms with E-state index < -0.39 is 17.2 Å². The maximum Gasteiger partial charge on any atom is 0.311 e. The molecule has 1 saturated heterocycles. The third-order valence-electron chi connectivity index (χ3n) is 5.42. The second-order valence-electron chi connectivity index (χ2n) is 7.25. The van der Waals surface area contributed by atoms with Gasteiger partial charge in [-0.15, -0.1) is 0 Å². The van der Waals surface area contributed by atoms with Crippen LogP contribution < -0.4 is 9.47 Å². The van der Waals surface area contributed by atoms with Crippen molar-refractivity contribution in [3.05, 3.63) is 59.4 Å². The van der Waals surface area contributed by atoms with Crippen LogP contribution in [0.5, 0.6) is 11.5 Å². The highest BCUT2D eigenvalue weighted by atomic mass is 19.1. The fourth-order valence-electron chi connectivity index (χ4n) is 3.92. The van der Waals surface area contributed by atoms with Gasteiger partial charge in [0, 0.05) is 18.7 Å². The van der Waals surface area contributed by atoms with Gasteiger partial charge in [0.15, 0.2) is 11.5 Å². The summed E-state index contributed by atoms with van der Waals surface area (Å²) in [5.41, 5.74) is -0.453. The zero-order valence-corrected chi connectivity index (χ0v) is 15.2. The zero-order chi connectivity index (χ0) is 19.7. The molecule has 2 aliphatic rings. The van der Waals surface area contributed by atoms with Crippen LogP contribution >= 0.6 is 0 Å². The Bertz CT molecular complexity index is 931. The van der Waals surface area contributed by atoms with Gasteiger partial charge in [0.05, 0.1) is 5.41 Å². The lowest BCUT2D eigenvalue weighted by atomic mass is 9.75. The van der Waals surface area contributed by atoms with Gasteiger partial charge in [-0.3, -0.25) is 9.59 Å². The molecule has 6 nitrogen and oxygen atoms in total. The number of aliphatic carboxylic acids is 1. The summed E-state index contributed by atoms with van der Waals surface area (Å²) < 4.78 is 24.7. The Morgan fingerprint density at radius 1 is 1.14 bits per heavy atom. The number of fused-ring (bicyclic) bond motifs is 1. The molecule has 0 aliphatic carbocycles. The molecule has 2 heterocycles. The van der Waals surface area contributed by atoms with E-state index in [-0.39, 0.29) is 25.7 Å². The largest absolute Gasteiger partial charge is 0.481 e. The van der Waals surface area contributed by atoms with Gasteiger partial charge in [-0.05, 0) is 49.1 Å². The average molecular weight is 385 g/mol. The Morgan fingerprint density at radius 2 is 1.93 bits per heavy atom. The van der Waals surface area contributed by atoms with Gasteiger partial charge in [-0.1, -0.05) is 18.2 Å². The van der Waals surface area contributed by atoms with E-state index in [1.807, 2.05) is 0 Å². The van der Waals surface area contributed by atoms with Gasteiger partial charge < -0.3 is 19.5 Å². The molecule has 0 radical (unpaired) electrons. The first-order valence-corrected chi connectivity index (χ1v) is 9.14. The van der Waals surface area contributed by atoms with Crippen molar-refractivity contribution in [1.29, 1.82) is 0 Å². The molecule has 0 aromatic heterocycles. The van der Waals surface area contributed by atoms with E-state index in [4.69, 9.17) is 9.47 Å². The Kier molecular flexibility index (Phi) is 4.66. The second-order valence-corrected chi connectivity index (χ2v) is 7.25. The number of carboxylic acid groups (broad SMARTS) is 1. The van der Waals surface area contributed by atoms with E-state index in [1.54, 1.807) is 36.4 Å². The summed E-state index contributed by atoms with van der Waals surface area (Å²) in [5, 5.41) is 9.94. The molecular weight excluding hydrogens is 365 g/mol. The number of benzene rings is 2. The number of carbonyl (C=O) groups is 2. The van der Waals surface area contributed by atoms with Crippen molar-refractivity contribution < 1.29 is 28.6 Å². The Morgan fingerprint density at radius 3 is 2.71 bits per heavy atom. The molecule has 1 fully saturated rings. The molecule has 1 amide bonds. The summed E-state index contributed by atoms with van der Waals surface area (Å²) >= 11 is 0. The Hall–Kier alpha value is -3.09. The summed E-state index contributed by atoms with van der Waals surface area (Å²) in [4.78, 5) is 26.7. The molecule has 2 aromatic rings. The predicted octanol–water partition coefficient (Wildman–Crippen LogP) is 3.10. The fraction of sp³-hybridized carbons (Fsp3) is 0.333. The minimum atomic E-state index is -1.22. The third-order valence-corrected chi connectivity index (χ3v) is 5.42. The summed E-state index contributed by atoms with van der Waals surface area (Å²) in [6.07, 6.45) is 0.971. The monoisotopic (exact) mass is 385 g/mol. The number of carbonyl (C=O) groups excluding carboxylic acids is 1. The number of likely N-dealkylation sites (tertiary alicyclic amines) is 1. The number of hydrogen-bond acceptors (Lipinski definition) is 4. The van der Waals surface area contributed by atoms with E-state index in [0.29, 0.717) is 42.0 Å². The van der Waals surface area contributed by atoms with Gasteiger partial charge in [0.2, 0.25) is 6.79 Å². The van der Waals surface area contributed by atoms with Gasteiger partial charge >= 0.3 is 5.97 Å². The molecular formula is C21H20FNO5. The molecule has 0 saturated carbocycles. The highest BCUT2D eigenvalue weighted by Crippen LogP contribution is 2.37. The molecule has 0 spiro atoms. The Balaban J connectivity index is 1.58. The predicted molar refractivity (Wildman–Crippen MR) is 97.9 cm³/mol. The van der Waals surface area contributed by atoms with Crippen LogP contribution in [0.15, 0.2) is 42.5 Å². The quantitative estimate of drug-likeness (QED) is 0.875. The normalized spacial score (nSPS) is 20.8. The highest BCUT2D eigenvalue weighted by Gasteiger charge is 2.44. The highest BCUT2D eigenvalue weighted by molar-refractivity contribution is 5.95. The van der Waals surface area contributed by atoms with E-state index in [0.717, 1.165) is 0 Å². The van der Waals surface area contributed by atoms with Gasteiger partial charge in [0.25, 0.3) is 5.91 Å². The van der Waals surface area contributed by atoms with Crippen molar-refractivity contribution in [1.82, 2.24) is 4.90 Å². The van der Waals surface area contributed by atoms with Crippen LogP contribution in [0.3, 0.4) is 0 Å². The number of halogens is 1. The fourth-order valence-corrected chi connectivity index (χ4v) is 3.92. The molecule has 1 atom stereocenters. The smallest absolute Gasteiger partial charge is 0.311 e. The first-order chi connectivity index (χ1) is 13.5. The molecule has 2 aromatic carbocycles. The number of carboxylic acids is 1. The van der Waals surface area contributed by atoms with Crippen LogP contribution in [0.2, 0.25) is 0 Å². The molecule has 0 bridgehead atoms. The maximum absolute atomic E-state index is 14.1. The number of rotatable bonds is 4. The number of piperidine rings is 1. The summed E-state index contributed by atoms with van der Waals surface area (Å²) in [7, 11) is 0. The van der Waals surface area contributed by atoms with E-state index in [2.05, 4.69) is 0 Å². The lowest BCUT2D eigenvalue weighted by Crippen LogP contribution is -2.51.